The van der Waals surface area contributed by atoms with E-state index in [1.165, 1.54) is 5.56 Å². The molecular weight excluding hydrogens is 214 g/mol. The predicted molar refractivity (Wildman–Crippen MR) is 64.2 cm³/mol. The van der Waals surface area contributed by atoms with E-state index in [-0.39, 0.29) is 17.6 Å². The normalized spacial score (nSPS) is 37.0. The van der Waals surface area contributed by atoms with Crippen molar-refractivity contribution < 1.29 is 9.63 Å². The van der Waals surface area contributed by atoms with Crippen molar-refractivity contribution >= 4 is 6.29 Å². The largest absolute Gasteiger partial charge is 0.303 e. The van der Waals surface area contributed by atoms with E-state index in [0.29, 0.717) is 0 Å². The van der Waals surface area contributed by atoms with Gasteiger partial charge in [-0.3, -0.25) is 4.84 Å². The average Bonchev–Trinajstić information content (AvgIpc) is 2.85. The second-order valence-electron chi connectivity index (χ2n) is 5.08. The molecule has 0 N–H and O–H groups in total. The summed E-state index contributed by atoms with van der Waals surface area (Å²) in [5.41, 5.74) is 0.835. The fourth-order valence-corrected chi connectivity index (χ4v) is 3.44. The van der Waals surface area contributed by atoms with Gasteiger partial charge in [0.05, 0.1) is 17.6 Å². The molecule has 1 aliphatic carbocycles. The molecule has 3 heteroatoms. The van der Waals surface area contributed by atoms with E-state index in [1.807, 2.05) is 30.3 Å². The van der Waals surface area contributed by atoms with Gasteiger partial charge in [0.15, 0.2) is 0 Å². The van der Waals surface area contributed by atoms with Crippen molar-refractivity contribution in [2.24, 2.45) is 5.41 Å². The first-order chi connectivity index (χ1) is 8.28. The molecule has 1 aromatic carbocycles. The van der Waals surface area contributed by atoms with Gasteiger partial charge in [0.2, 0.25) is 0 Å². The first-order valence-corrected chi connectivity index (χ1v) is 6.19. The quantitative estimate of drug-likeness (QED) is 0.732. The minimum Gasteiger partial charge on any atom is -0.303 e. The van der Waals surface area contributed by atoms with Crippen LogP contribution in [0.3, 0.4) is 0 Å². The Morgan fingerprint density at radius 3 is 2.88 bits per heavy atom. The van der Waals surface area contributed by atoms with Crippen LogP contribution in [-0.2, 0) is 9.63 Å². The molecule has 1 aliphatic heterocycles. The first kappa shape index (κ1) is 10.9. The van der Waals surface area contributed by atoms with Crippen LogP contribution in [0.2, 0.25) is 0 Å². The summed E-state index contributed by atoms with van der Waals surface area (Å²) in [5.74, 6) is 0. The lowest BCUT2D eigenvalue weighted by molar-refractivity contribution is -0.145. The van der Waals surface area contributed by atoms with Crippen LogP contribution in [0.1, 0.15) is 30.9 Å². The van der Waals surface area contributed by atoms with E-state index < -0.39 is 0 Å². The third kappa shape index (κ3) is 1.46. The molecule has 2 fully saturated rings. The third-order valence-corrected chi connectivity index (χ3v) is 4.18. The number of hydroxylamine groups is 2. The zero-order valence-corrected chi connectivity index (χ0v) is 10.0. The van der Waals surface area contributed by atoms with Crippen LogP contribution in [0.15, 0.2) is 30.3 Å². The monoisotopic (exact) mass is 231 g/mol. The summed E-state index contributed by atoms with van der Waals surface area (Å²) in [7, 11) is 1.93. The summed E-state index contributed by atoms with van der Waals surface area (Å²) in [4.78, 5) is 17.5. The highest BCUT2D eigenvalue weighted by Crippen LogP contribution is 2.54. The highest BCUT2D eigenvalue weighted by atomic mass is 16.7. The number of hydrogen-bond acceptors (Lipinski definition) is 3. The molecule has 0 amide bonds. The van der Waals surface area contributed by atoms with Gasteiger partial charge >= 0.3 is 0 Å². The minimum atomic E-state index is -0.337. The summed E-state index contributed by atoms with van der Waals surface area (Å²) in [6.07, 6.45) is 4.21. The molecule has 1 aromatic rings. The van der Waals surface area contributed by atoms with Crippen LogP contribution < -0.4 is 0 Å². The molecule has 3 atom stereocenters. The number of carbonyl (C=O) groups excluding carboxylic acids is 1. The topological polar surface area (TPSA) is 29.5 Å². The Morgan fingerprint density at radius 1 is 1.41 bits per heavy atom. The number of aldehydes is 1. The molecule has 17 heavy (non-hydrogen) atoms. The highest BCUT2D eigenvalue weighted by Gasteiger charge is 2.57. The number of nitrogens with zero attached hydrogens (tertiary/aromatic N) is 1. The highest BCUT2D eigenvalue weighted by molar-refractivity contribution is 5.64. The van der Waals surface area contributed by atoms with Gasteiger partial charge in [-0.1, -0.05) is 30.3 Å². The Kier molecular flexibility index (Phi) is 2.53. The van der Waals surface area contributed by atoms with Gasteiger partial charge in [-0.05, 0) is 24.8 Å². The van der Waals surface area contributed by atoms with Gasteiger partial charge < -0.3 is 4.79 Å². The molecule has 3 rings (SSSR count). The van der Waals surface area contributed by atoms with E-state index >= 15 is 0 Å². The molecular formula is C14H17NO2. The molecule has 0 radical (unpaired) electrons. The van der Waals surface area contributed by atoms with Crippen molar-refractivity contribution in [2.75, 3.05) is 7.05 Å². The summed E-state index contributed by atoms with van der Waals surface area (Å²) in [5, 5.41) is 1.87. The average molecular weight is 231 g/mol. The molecule has 90 valence electrons. The summed E-state index contributed by atoms with van der Waals surface area (Å²) >= 11 is 0. The standard InChI is InChI=1S/C14H17NO2/c1-15-13(11-6-3-2-4-7-11)14(10-16)9-5-8-12(14)17-15/h2-4,6-7,10,12-13H,5,8-9H2,1H3/t12-,13+,14-/m1/s1. The molecule has 1 saturated heterocycles. The SMILES string of the molecule is CN1O[C@@H]2CCC[C@]2(C=O)[C@@H]1c1ccccc1. The molecule has 0 unspecified atom stereocenters. The smallest absolute Gasteiger partial charge is 0.130 e. The number of benzene rings is 1. The fraction of sp³-hybridized carbons (Fsp3) is 0.500. The molecule has 3 nitrogen and oxygen atoms in total. The predicted octanol–water partition coefficient (Wildman–Crippen LogP) is 2.34. The van der Waals surface area contributed by atoms with Crippen molar-refractivity contribution in [2.45, 2.75) is 31.4 Å². The molecule has 2 aliphatic rings. The van der Waals surface area contributed by atoms with Crippen molar-refractivity contribution in [1.82, 2.24) is 5.06 Å². The zero-order valence-electron chi connectivity index (χ0n) is 10.0. The first-order valence-electron chi connectivity index (χ1n) is 6.19. The lowest BCUT2D eigenvalue weighted by Gasteiger charge is -2.29. The van der Waals surface area contributed by atoms with Crippen LogP contribution >= 0.6 is 0 Å². The summed E-state index contributed by atoms with van der Waals surface area (Å²) in [6, 6.07) is 10.3. The molecule has 1 heterocycles. The molecule has 0 bridgehead atoms. The second-order valence-corrected chi connectivity index (χ2v) is 5.08. The second kappa shape index (κ2) is 3.93. The van der Waals surface area contributed by atoms with Crippen molar-refractivity contribution in [1.29, 1.82) is 0 Å². The maximum absolute atomic E-state index is 11.6. The number of rotatable bonds is 2. The van der Waals surface area contributed by atoms with Gasteiger partial charge in [-0.15, -0.1) is 0 Å². The molecule has 1 saturated carbocycles. The van der Waals surface area contributed by atoms with Gasteiger partial charge in [0.1, 0.15) is 6.29 Å². The van der Waals surface area contributed by atoms with Crippen LogP contribution in [0.4, 0.5) is 0 Å². The van der Waals surface area contributed by atoms with Gasteiger partial charge in [0.25, 0.3) is 0 Å². The number of carbonyl (C=O) groups is 1. The lowest BCUT2D eigenvalue weighted by Crippen LogP contribution is -2.34. The fourth-order valence-electron chi connectivity index (χ4n) is 3.44. The van der Waals surface area contributed by atoms with Crippen LogP contribution in [0.25, 0.3) is 0 Å². The van der Waals surface area contributed by atoms with Crippen molar-refractivity contribution in [3.8, 4) is 0 Å². The zero-order chi connectivity index (χ0) is 11.9. The Bertz CT molecular complexity index is 419. The van der Waals surface area contributed by atoms with Gasteiger partial charge in [-0.2, -0.15) is 5.06 Å². The van der Waals surface area contributed by atoms with Crippen molar-refractivity contribution in [3.05, 3.63) is 35.9 Å². The Balaban J connectivity index is 2.05. The van der Waals surface area contributed by atoms with E-state index in [0.717, 1.165) is 25.5 Å². The summed E-state index contributed by atoms with van der Waals surface area (Å²) in [6.45, 7) is 0. The van der Waals surface area contributed by atoms with E-state index in [2.05, 4.69) is 12.1 Å². The summed E-state index contributed by atoms with van der Waals surface area (Å²) < 4.78 is 0. The Labute approximate surface area is 101 Å². The number of hydrogen-bond donors (Lipinski definition) is 0. The van der Waals surface area contributed by atoms with E-state index in [9.17, 15) is 4.79 Å². The minimum absolute atomic E-state index is 0.0636. The van der Waals surface area contributed by atoms with Crippen LogP contribution in [0, 0.1) is 5.41 Å². The third-order valence-electron chi connectivity index (χ3n) is 4.18. The maximum Gasteiger partial charge on any atom is 0.130 e. The van der Waals surface area contributed by atoms with Gasteiger partial charge in [0, 0.05) is 7.05 Å². The van der Waals surface area contributed by atoms with Crippen molar-refractivity contribution in [3.63, 3.8) is 0 Å². The van der Waals surface area contributed by atoms with E-state index in [1.54, 1.807) is 0 Å². The van der Waals surface area contributed by atoms with Gasteiger partial charge in [-0.25, -0.2) is 0 Å². The number of fused-ring (bicyclic) bond motifs is 1. The Hall–Kier alpha value is -1.19. The molecule has 0 spiro atoms. The maximum atomic E-state index is 11.6. The van der Waals surface area contributed by atoms with Crippen LogP contribution in [0.5, 0.6) is 0 Å². The van der Waals surface area contributed by atoms with E-state index in [4.69, 9.17) is 4.84 Å². The molecule has 0 aromatic heterocycles. The van der Waals surface area contributed by atoms with Crippen LogP contribution in [-0.4, -0.2) is 24.5 Å². The lowest BCUT2D eigenvalue weighted by atomic mass is 9.76. The Morgan fingerprint density at radius 2 is 2.18 bits per heavy atom.